The lowest BCUT2D eigenvalue weighted by molar-refractivity contribution is 0.547. The summed E-state index contributed by atoms with van der Waals surface area (Å²) in [6, 6.07) is 6.19. The molecule has 0 atom stereocenters. The van der Waals surface area contributed by atoms with Gasteiger partial charge in [-0.15, -0.1) is 0 Å². The van der Waals surface area contributed by atoms with Crippen LogP contribution in [0, 0.1) is 11.6 Å². The van der Waals surface area contributed by atoms with Crippen molar-refractivity contribution < 1.29 is 13.2 Å². The number of aromatic amines is 1. The third-order valence-corrected chi connectivity index (χ3v) is 3.35. The summed E-state index contributed by atoms with van der Waals surface area (Å²) in [5, 5.41) is 0. The molecule has 0 unspecified atom stereocenters. The molecule has 3 rings (SSSR count). The van der Waals surface area contributed by atoms with Crippen molar-refractivity contribution in [1.82, 2.24) is 15.0 Å². The highest BCUT2D eigenvalue weighted by molar-refractivity contribution is 6.08. The average Bonchev–Trinajstić information content (AvgIpc) is 3.16. The number of nitrogens with one attached hydrogen (secondary N) is 1. The monoisotopic (exact) mass is 357 g/mol. The molecule has 1 aromatic carbocycles. The molecule has 0 aliphatic carbocycles. The largest absolute Gasteiger partial charge is 0.443 e. The van der Waals surface area contributed by atoms with Gasteiger partial charge < -0.3 is 15.1 Å². The van der Waals surface area contributed by atoms with Gasteiger partial charge in [0.05, 0.1) is 24.6 Å². The Balaban J connectivity index is 1.96. The summed E-state index contributed by atoms with van der Waals surface area (Å²) < 4.78 is 32.0. The maximum atomic E-state index is 13.8. The van der Waals surface area contributed by atoms with E-state index >= 15 is 0 Å². The molecule has 26 heavy (non-hydrogen) atoms. The lowest BCUT2D eigenvalue weighted by atomic mass is 10.2. The zero-order chi connectivity index (χ0) is 18.5. The Morgan fingerprint density at radius 1 is 1.27 bits per heavy atom. The van der Waals surface area contributed by atoms with E-state index in [4.69, 9.17) is 10.2 Å². The predicted octanol–water partition coefficient (Wildman–Crippen LogP) is 2.03. The molecule has 0 saturated carbocycles. The molecule has 0 aliphatic heterocycles. The molecule has 9 heteroatoms. The zero-order valence-electron chi connectivity index (χ0n) is 13.3. The molecule has 0 fully saturated rings. The molecular weight excluding hydrogens is 344 g/mol. The minimum Gasteiger partial charge on any atom is -0.443 e. The second-order valence-electron chi connectivity index (χ2n) is 5.14. The molecule has 0 amide bonds. The molecule has 0 saturated heterocycles. The van der Waals surface area contributed by atoms with Crippen LogP contribution in [0.1, 0.15) is 17.3 Å². The summed E-state index contributed by atoms with van der Waals surface area (Å²) in [7, 11) is 0. The number of oxazole rings is 1. The molecule has 132 valence electrons. The second-order valence-corrected chi connectivity index (χ2v) is 5.14. The predicted molar refractivity (Wildman–Crippen MR) is 90.1 cm³/mol. The molecule has 0 aliphatic rings. The number of rotatable bonds is 5. The maximum Gasteiger partial charge on any atom is 0.287 e. The summed E-state index contributed by atoms with van der Waals surface area (Å²) in [5.74, 6) is -1.32. The van der Waals surface area contributed by atoms with E-state index in [0.717, 1.165) is 6.20 Å². The van der Waals surface area contributed by atoms with Crippen molar-refractivity contribution in [2.75, 3.05) is 0 Å². The SMILES string of the molecule is NC(=CC(=NCc1ccccc1F)c1ncco1)c1ncc(F)c(=O)[nH]1. The highest BCUT2D eigenvalue weighted by atomic mass is 19.1. The number of allylic oxidation sites excluding steroid dienone is 1. The Hall–Kier alpha value is -3.62. The lowest BCUT2D eigenvalue weighted by Gasteiger charge is -2.03. The van der Waals surface area contributed by atoms with Crippen LogP contribution in [-0.4, -0.2) is 20.7 Å². The fraction of sp³-hybridized carbons (Fsp3) is 0.0588. The molecule has 3 aromatic rings. The van der Waals surface area contributed by atoms with Crippen molar-refractivity contribution in [3.05, 3.63) is 88.3 Å². The summed E-state index contributed by atoms with van der Waals surface area (Å²) in [5.41, 5.74) is 5.54. The van der Waals surface area contributed by atoms with Crippen LogP contribution < -0.4 is 11.3 Å². The molecule has 0 radical (unpaired) electrons. The Kier molecular flexibility index (Phi) is 4.97. The van der Waals surface area contributed by atoms with Gasteiger partial charge in [0.25, 0.3) is 5.56 Å². The molecule has 0 spiro atoms. The molecule has 2 heterocycles. The number of hydrogen-bond acceptors (Lipinski definition) is 6. The number of aromatic nitrogens is 3. The van der Waals surface area contributed by atoms with E-state index in [-0.39, 0.29) is 29.7 Å². The first-order valence-corrected chi connectivity index (χ1v) is 7.44. The number of benzene rings is 1. The molecule has 0 bridgehead atoms. The van der Waals surface area contributed by atoms with Crippen molar-refractivity contribution in [2.45, 2.75) is 6.54 Å². The minimum absolute atomic E-state index is 0.00702. The highest BCUT2D eigenvalue weighted by Crippen LogP contribution is 2.11. The van der Waals surface area contributed by atoms with Crippen LogP contribution in [0.2, 0.25) is 0 Å². The first kappa shape index (κ1) is 17.2. The quantitative estimate of drug-likeness (QED) is 0.679. The van der Waals surface area contributed by atoms with Crippen LogP contribution in [0.3, 0.4) is 0 Å². The van der Waals surface area contributed by atoms with Gasteiger partial charge >= 0.3 is 0 Å². The average molecular weight is 357 g/mol. The van der Waals surface area contributed by atoms with Gasteiger partial charge in [0.1, 0.15) is 17.8 Å². The topological polar surface area (TPSA) is 110 Å². The first-order chi connectivity index (χ1) is 12.5. The van der Waals surface area contributed by atoms with Crippen LogP contribution in [0.25, 0.3) is 5.70 Å². The maximum absolute atomic E-state index is 13.8. The number of hydrogen-bond donors (Lipinski definition) is 2. The van der Waals surface area contributed by atoms with Gasteiger partial charge in [-0.2, -0.15) is 4.39 Å². The Morgan fingerprint density at radius 3 is 2.77 bits per heavy atom. The van der Waals surface area contributed by atoms with Crippen LogP contribution >= 0.6 is 0 Å². The fourth-order valence-corrected chi connectivity index (χ4v) is 2.06. The molecular formula is C17H13F2N5O2. The zero-order valence-corrected chi connectivity index (χ0v) is 13.3. The van der Waals surface area contributed by atoms with E-state index in [1.54, 1.807) is 18.2 Å². The number of nitrogens with two attached hydrogens (primary N) is 1. The van der Waals surface area contributed by atoms with Gasteiger partial charge in [-0.3, -0.25) is 9.79 Å². The third-order valence-electron chi connectivity index (χ3n) is 3.35. The standard InChI is InChI=1S/C17H13F2N5O2/c18-11-4-2-1-3-10(11)8-22-14(17-21-5-6-26-17)7-13(20)15-23-9-12(19)16(25)24-15/h1-7,9H,8,20H2,(H,23,24,25). The number of aliphatic imine (C=N–C) groups is 1. The Morgan fingerprint density at radius 2 is 2.08 bits per heavy atom. The second kappa shape index (κ2) is 7.51. The van der Waals surface area contributed by atoms with E-state index in [0.29, 0.717) is 5.56 Å². The summed E-state index contributed by atoms with van der Waals surface area (Å²) >= 11 is 0. The van der Waals surface area contributed by atoms with E-state index in [1.165, 1.54) is 24.6 Å². The summed E-state index contributed by atoms with van der Waals surface area (Å²) in [4.78, 5) is 25.5. The number of H-pyrrole nitrogens is 1. The van der Waals surface area contributed by atoms with Crippen molar-refractivity contribution in [2.24, 2.45) is 10.7 Å². The lowest BCUT2D eigenvalue weighted by Crippen LogP contribution is -2.17. The van der Waals surface area contributed by atoms with Gasteiger partial charge in [0.2, 0.25) is 11.7 Å². The number of nitrogens with zero attached hydrogens (tertiary/aromatic N) is 3. The van der Waals surface area contributed by atoms with E-state index < -0.39 is 17.2 Å². The van der Waals surface area contributed by atoms with Crippen LogP contribution in [0.5, 0.6) is 0 Å². The van der Waals surface area contributed by atoms with Crippen LogP contribution in [0.4, 0.5) is 8.78 Å². The van der Waals surface area contributed by atoms with E-state index in [9.17, 15) is 13.6 Å². The summed E-state index contributed by atoms with van der Waals surface area (Å²) in [6.07, 6.45) is 4.87. The molecule has 7 nitrogen and oxygen atoms in total. The first-order valence-electron chi connectivity index (χ1n) is 7.44. The van der Waals surface area contributed by atoms with Crippen molar-refractivity contribution in [3.8, 4) is 0 Å². The van der Waals surface area contributed by atoms with E-state index in [2.05, 4.69) is 19.9 Å². The fourth-order valence-electron chi connectivity index (χ4n) is 2.06. The third kappa shape index (κ3) is 3.89. The van der Waals surface area contributed by atoms with Gasteiger partial charge in [-0.05, 0) is 12.1 Å². The van der Waals surface area contributed by atoms with Crippen LogP contribution in [-0.2, 0) is 6.54 Å². The number of halogens is 2. The Labute approximate surface area is 145 Å². The molecule has 2 aromatic heterocycles. The van der Waals surface area contributed by atoms with Crippen molar-refractivity contribution >= 4 is 11.4 Å². The molecule has 3 N–H and O–H groups in total. The normalized spacial score (nSPS) is 12.4. The smallest absolute Gasteiger partial charge is 0.287 e. The minimum atomic E-state index is -1.03. The Bertz CT molecular complexity index is 1030. The van der Waals surface area contributed by atoms with Crippen molar-refractivity contribution in [1.29, 1.82) is 0 Å². The van der Waals surface area contributed by atoms with E-state index in [1.807, 2.05) is 0 Å². The summed E-state index contributed by atoms with van der Waals surface area (Å²) in [6.45, 7) is 0.0154. The highest BCUT2D eigenvalue weighted by Gasteiger charge is 2.10. The van der Waals surface area contributed by atoms with Gasteiger partial charge in [-0.1, -0.05) is 18.2 Å². The van der Waals surface area contributed by atoms with Gasteiger partial charge in [0, 0.05) is 5.56 Å². The van der Waals surface area contributed by atoms with Crippen LogP contribution in [0.15, 0.2) is 63.2 Å². The van der Waals surface area contributed by atoms with Crippen molar-refractivity contribution in [3.63, 3.8) is 0 Å². The van der Waals surface area contributed by atoms with Gasteiger partial charge in [-0.25, -0.2) is 14.4 Å². The van der Waals surface area contributed by atoms with Gasteiger partial charge in [0.15, 0.2) is 5.82 Å².